The first-order valence-electron chi connectivity index (χ1n) is 6.13. The Labute approximate surface area is 120 Å². The van der Waals surface area contributed by atoms with Crippen LogP contribution in [0.4, 0.5) is 5.69 Å². The summed E-state index contributed by atoms with van der Waals surface area (Å²) in [6, 6.07) is 6.07. The summed E-state index contributed by atoms with van der Waals surface area (Å²) in [7, 11) is 0. The van der Waals surface area contributed by atoms with Crippen molar-refractivity contribution in [2.24, 2.45) is 0 Å². The number of alkyl halides is 1. The largest absolute Gasteiger partial charge is 0.307 e. The number of rotatable bonds is 8. The number of nitro groups is 1. The third-order valence-electron chi connectivity index (χ3n) is 2.75. The number of hydrogen-bond acceptors (Lipinski definition) is 4. The van der Waals surface area contributed by atoms with Crippen LogP contribution in [0, 0.1) is 10.1 Å². The number of benzene rings is 1. The van der Waals surface area contributed by atoms with E-state index in [-0.39, 0.29) is 17.5 Å². The summed E-state index contributed by atoms with van der Waals surface area (Å²) in [6.45, 7) is 2.81. The Bertz CT molecular complexity index is 434. The van der Waals surface area contributed by atoms with Gasteiger partial charge in [0.15, 0.2) is 5.78 Å². The normalized spacial score (nSPS) is 12.1. The van der Waals surface area contributed by atoms with Gasteiger partial charge in [-0.05, 0) is 24.9 Å². The third-order valence-corrected chi connectivity index (χ3v) is 3.30. The van der Waals surface area contributed by atoms with Crippen LogP contribution in [-0.2, 0) is 11.2 Å². The summed E-state index contributed by atoms with van der Waals surface area (Å²) in [5.74, 6) is 0.0896. The van der Waals surface area contributed by atoms with Crippen LogP contribution in [-0.4, -0.2) is 28.6 Å². The van der Waals surface area contributed by atoms with Gasteiger partial charge in [0, 0.05) is 12.1 Å². The summed E-state index contributed by atoms with van der Waals surface area (Å²) < 4.78 is 0. The molecular weight excluding hydrogens is 312 g/mol. The fraction of sp³-hybridized carbons (Fsp3) is 0.462. The maximum absolute atomic E-state index is 11.8. The van der Waals surface area contributed by atoms with Gasteiger partial charge in [-0.25, -0.2) is 0 Å². The molecule has 0 amide bonds. The van der Waals surface area contributed by atoms with E-state index in [1.807, 2.05) is 6.92 Å². The Kier molecular flexibility index (Phi) is 6.66. The molecule has 1 N–H and O–H groups in total. The first-order chi connectivity index (χ1) is 9.08. The van der Waals surface area contributed by atoms with Gasteiger partial charge in [-0.3, -0.25) is 14.9 Å². The van der Waals surface area contributed by atoms with E-state index in [0.717, 1.165) is 18.5 Å². The van der Waals surface area contributed by atoms with Crippen LogP contribution in [0.2, 0.25) is 0 Å². The second kappa shape index (κ2) is 8.01. The van der Waals surface area contributed by atoms with Crippen molar-refractivity contribution in [3.63, 3.8) is 0 Å². The average molecular weight is 329 g/mol. The fourth-order valence-electron chi connectivity index (χ4n) is 1.70. The van der Waals surface area contributed by atoms with Crippen molar-refractivity contribution in [1.29, 1.82) is 0 Å². The third kappa shape index (κ3) is 5.08. The van der Waals surface area contributed by atoms with Gasteiger partial charge in [0.1, 0.15) is 0 Å². The van der Waals surface area contributed by atoms with E-state index >= 15 is 0 Å². The molecule has 0 heterocycles. The van der Waals surface area contributed by atoms with Gasteiger partial charge in [-0.1, -0.05) is 35.0 Å². The van der Waals surface area contributed by atoms with Gasteiger partial charge in [0.05, 0.1) is 16.3 Å². The number of non-ortho nitro benzene ring substituents is 1. The number of nitrogens with zero attached hydrogens (tertiary/aromatic N) is 1. The van der Waals surface area contributed by atoms with Gasteiger partial charge in [0.25, 0.3) is 5.69 Å². The number of carbonyl (C=O) groups excluding carboxylic acids is 1. The Morgan fingerprint density at radius 3 is 2.53 bits per heavy atom. The predicted octanol–water partition coefficient (Wildman–Crippen LogP) is 2.47. The fourth-order valence-corrected chi connectivity index (χ4v) is 2.09. The predicted molar refractivity (Wildman–Crippen MR) is 77.7 cm³/mol. The molecule has 6 heteroatoms. The second-order valence-corrected chi connectivity index (χ2v) is 4.80. The molecule has 0 aliphatic heterocycles. The maximum atomic E-state index is 11.8. The molecule has 1 atom stereocenters. The summed E-state index contributed by atoms with van der Waals surface area (Å²) in [5, 5.41) is 14.1. The van der Waals surface area contributed by atoms with Gasteiger partial charge < -0.3 is 5.32 Å². The van der Waals surface area contributed by atoms with Crippen LogP contribution in [0.5, 0.6) is 0 Å². The summed E-state index contributed by atoms with van der Waals surface area (Å²) in [6.07, 6.45) is 1.49. The molecule has 1 rings (SSSR count). The summed E-state index contributed by atoms with van der Waals surface area (Å²) in [4.78, 5) is 21.9. The Morgan fingerprint density at radius 2 is 2.05 bits per heavy atom. The molecule has 0 aliphatic carbocycles. The highest BCUT2D eigenvalue weighted by molar-refractivity contribution is 9.09. The molecule has 0 aromatic heterocycles. The lowest BCUT2D eigenvalue weighted by Crippen LogP contribution is -2.39. The first kappa shape index (κ1) is 15.8. The van der Waals surface area contributed by atoms with Crippen LogP contribution in [0.25, 0.3) is 0 Å². The number of carbonyl (C=O) groups is 1. The highest BCUT2D eigenvalue weighted by Gasteiger charge is 2.17. The molecule has 1 aromatic rings. The number of ketones is 1. The van der Waals surface area contributed by atoms with E-state index in [9.17, 15) is 14.9 Å². The lowest BCUT2D eigenvalue weighted by Gasteiger charge is -2.16. The van der Waals surface area contributed by atoms with E-state index in [4.69, 9.17) is 0 Å². The average Bonchev–Trinajstić information content (AvgIpc) is 2.43. The highest BCUT2D eigenvalue weighted by atomic mass is 79.9. The minimum Gasteiger partial charge on any atom is -0.307 e. The molecule has 19 heavy (non-hydrogen) atoms. The topological polar surface area (TPSA) is 72.2 Å². The minimum absolute atomic E-state index is 0.0636. The van der Waals surface area contributed by atoms with Gasteiger partial charge in [-0.2, -0.15) is 0 Å². The van der Waals surface area contributed by atoms with Crippen molar-refractivity contribution < 1.29 is 9.72 Å². The zero-order valence-electron chi connectivity index (χ0n) is 10.8. The molecule has 0 unspecified atom stereocenters. The molecule has 104 valence electrons. The molecular formula is C13H17BrN2O3. The Morgan fingerprint density at radius 1 is 1.42 bits per heavy atom. The monoisotopic (exact) mass is 328 g/mol. The van der Waals surface area contributed by atoms with E-state index in [0.29, 0.717) is 11.8 Å². The van der Waals surface area contributed by atoms with Crippen molar-refractivity contribution in [2.45, 2.75) is 25.8 Å². The number of Topliss-reactive ketones (excluding diaryl/α,β-unsaturated/α-hetero) is 1. The molecule has 0 aliphatic rings. The van der Waals surface area contributed by atoms with Crippen LogP contribution in [0.15, 0.2) is 24.3 Å². The number of halogens is 1. The number of hydrogen-bond donors (Lipinski definition) is 1. The second-order valence-electron chi connectivity index (χ2n) is 4.23. The molecule has 0 bridgehead atoms. The standard InChI is InChI=1S/C13H17BrN2O3/c1-2-7-15-12(13(17)9-14)8-10-3-5-11(6-4-10)16(18)19/h3-6,12,15H,2,7-9H2,1H3/t12-/m0/s1. The lowest BCUT2D eigenvalue weighted by atomic mass is 10.0. The van der Waals surface area contributed by atoms with Gasteiger partial charge in [-0.15, -0.1) is 0 Å². The lowest BCUT2D eigenvalue weighted by molar-refractivity contribution is -0.384. The smallest absolute Gasteiger partial charge is 0.269 e. The number of nitrogens with one attached hydrogen (secondary N) is 1. The number of nitro benzene ring substituents is 1. The van der Waals surface area contributed by atoms with E-state index in [2.05, 4.69) is 21.2 Å². The van der Waals surface area contributed by atoms with Crippen molar-refractivity contribution in [2.75, 3.05) is 11.9 Å². The quantitative estimate of drug-likeness (QED) is 0.452. The maximum Gasteiger partial charge on any atom is 0.269 e. The minimum atomic E-state index is -0.430. The van der Waals surface area contributed by atoms with Crippen molar-refractivity contribution in [3.8, 4) is 0 Å². The summed E-state index contributed by atoms with van der Waals surface area (Å²) in [5.41, 5.74) is 0.974. The van der Waals surface area contributed by atoms with Gasteiger partial charge >= 0.3 is 0 Å². The molecule has 0 saturated carbocycles. The molecule has 5 nitrogen and oxygen atoms in total. The Hall–Kier alpha value is -1.27. The molecule has 0 fully saturated rings. The van der Waals surface area contributed by atoms with Crippen LogP contribution >= 0.6 is 15.9 Å². The zero-order valence-corrected chi connectivity index (χ0v) is 12.4. The van der Waals surface area contributed by atoms with Crippen molar-refractivity contribution >= 4 is 27.4 Å². The van der Waals surface area contributed by atoms with Crippen molar-refractivity contribution in [3.05, 3.63) is 39.9 Å². The van der Waals surface area contributed by atoms with E-state index < -0.39 is 4.92 Å². The van der Waals surface area contributed by atoms with Crippen molar-refractivity contribution in [1.82, 2.24) is 5.32 Å². The van der Waals surface area contributed by atoms with Crippen LogP contribution < -0.4 is 5.32 Å². The Balaban J connectivity index is 2.72. The van der Waals surface area contributed by atoms with Gasteiger partial charge in [0.2, 0.25) is 0 Å². The van der Waals surface area contributed by atoms with Crippen LogP contribution in [0.1, 0.15) is 18.9 Å². The zero-order chi connectivity index (χ0) is 14.3. The molecule has 1 aromatic carbocycles. The first-order valence-corrected chi connectivity index (χ1v) is 7.26. The molecule has 0 radical (unpaired) electrons. The summed E-state index contributed by atoms with van der Waals surface area (Å²) >= 11 is 3.17. The van der Waals surface area contributed by atoms with E-state index in [1.165, 1.54) is 12.1 Å². The molecule has 0 spiro atoms. The van der Waals surface area contributed by atoms with E-state index in [1.54, 1.807) is 12.1 Å². The SMILES string of the molecule is CCCN[C@@H](Cc1ccc([N+](=O)[O-])cc1)C(=O)CBr. The highest BCUT2D eigenvalue weighted by Crippen LogP contribution is 2.13. The van der Waals surface area contributed by atoms with Crippen LogP contribution in [0.3, 0.4) is 0 Å². The molecule has 0 saturated heterocycles.